The van der Waals surface area contributed by atoms with Gasteiger partial charge < -0.3 is 24.6 Å². The Morgan fingerprint density at radius 3 is 2.51 bits per heavy atom. The molecule has 3 heterocycles. The molecule has 3 aromatic rings. The van der Waals surface area contributed by atoms with Crippen molar-refractivity contribution >= 4 is 0 Å². The topological polar surface area (TPSA) is 98.8 Å². The Balaban J connectivity index is 1.64. The predicted octanol–water partition coefficient (Wildman–Crippen LogP) is 2.92. The first kappa shape index (κ1) is 22.1. The molecular weight excluding hydrogens is 442 g/mol. The molecule has 2 fully saturated rings. The number of aromatic nitrogens is 1. The highest BCUT2D eigenvalue weighted by atomic mass is 16.5. The Hall–Kier alpha value is -3.44. The number of ether oxygens (including phenoxy) is 2. The fourth-order valence-corrected chi connectivity index (χ4v) is 6.39. The number of fused-ring (bicyclic) bond motifs is 3. The molecule has 1 aromatic heterocycles. The van der Waals surface area contributed by atoms with E-state index in [0.29, 0.717) is 34.7 Å². The van der Waals surface area contributed by atoms with Crippen LogP contribution in [0.4, 0.5) is 0 Å². The first-order valence-corrected chi connectivity index (χ1v) is 11.9. The van der Waals surface area contributed by atoms with Crippen molar-refractivity contribution in [3.63, 3.8) is 0 Å². The van der Waals surface area contributed by atoms with Crippen LogP contribution in [0, 0.1) is 17.2 Å². The summed E-state index contributed by atoms with van der Waals surface area (Å²) in [7, 11) is 1.52. The zero-order valence-corrected chi connectivity index (χ0v) is 19.5. The van der Waals surface area contributed by atoms with Gasteiger partial charge in [0.2, 0.25) is 0 Å². The third kappa shape index (κ3) is 2.91. The smallest absolute Gasteiger partial charge is 0.177 e. The predicted molar refractivity (Wildman–Crippen MR) is 128 cm³/mol. The maximum atomic E-state index is 12.7. The van der Waals surface area contributed by atoms with E-state index >= 15 is 0 Å². The lowest BCUT2D eigenvalue weighted by atomic mass is 9.70. The summed E-state index contributed by atoms with van der Waals surface area (Å²) < 4.78 is 12.4. The molecule has 7 heteroatoms. The number of rotatable bonds is 5. The van der Waals surface area contributed by atoms with Gasteiger partial charge >= 0.3 is 0 Å². The molecule has 0 amide bonds. The quantitative estimate of drug-likeness (QED) is 0.593. The van der Waals surface area contributed by atoms with Crippen LogP contribution in [0.5, 0.6) is 11.5 Å². The minimum atomic E-state index is -1.80. The fourth-order valence-electron chi connectivity index (χ4n) is 6.39. The van der Waals surface area contributed by atoms with Crippen molar-refractivity contribution in [2.24, 2.45) is 5.92 Å². The van der Waals surface area contributed by atoms with E-state index in [0.717, 1.165) is 25.1 Å². The van der Waals surface area contributed by atoms with Crippen LogP contribution in [0.25, 0.3) is 0 Å². The summed E-state index contributed by atoms with van der Waals surface area (Å²) >= 11 is 0. The molecule has 0 radical (unpaired) electrons. The van der Waals surface area contributed by atoms with E-state index in [1.54, 1.807) is 24.5 Å². The third-order valence-electron chi connectivity index (χ3n) is 8.03. The minimum Gasteiger partial charge on any atom is -0.495 e. The summed E-state index contributed by atoms with van der Waals surface area (Å²) in [4.78, 5) is 6.57. The Morgan fingerprint density at radius 1 is 1.14 bits per heavy atom. The number of benzene rings is 2. The fraction of sp³-hybridized carbons (Fsp3) is 0.357. The number of aliphatic hydroxyl groups is 2. The van der Waals surface area contributed by atoms with Gasteiger partial charge in [0, 0.05) is 18.4 Å². The Bertz CT molecular complexity index is 1290. The molecule has 1 aliphatic carbocycles. The summed E-state index contributed by atoms with van der Waals surface area (Å²) in [5, 5.41) is 34.1. The van der Waals surface area contributed by atoms with Crippen LogP contribution in [0.3, 0.4) is 0 Å². The van der Waals surface area contributed by atoms with Gasteiger partial charge in [0.25, 0.3) is 0 Å². The molecule has 1 saturated carbocycles. The first-order chi connectivity index (χ1) is 17.0. The minimum absolute atomic E-state index is 0.315. The summed E-state index contributed by atoms with van der Waals surface area (Å²) in [6.07, 6.45) is 3.10. The van der Waals surface area contributed by atoms with Crippen LogP contribution in [-0.2, 0) is 11.2 Å². The highest BCUT2D eigenvalue weighted by molar-refractivity contribution is 5.59. The Morgan fingerprint density at radius 2 is 1.89 bits per heavy atom. The molecule has 3 unspecified atom stereocenters. The number of aliphatic hydroxyl groups excluding tert-OH is 1. The van der Waals surface area contributed by atoms with Crippen LogP contribution >= 0.6 is 0 Å². The molecule has 178 valence electrons. The van der Waals surface area contributed by atoms with Crippen LogP contribution in [-0.4, -0.2) is 52.9 Å². The summed E-state index contributed by atoms with van der Waals surface area (Å²) in [5.41, 5.74) is -0.570. The molecule has 6 rings (SSSR count). The molecule has 1 saturated heterocycles. The van der Waals surface area contributed by atoms with Crippen molar-refractivity contribution in [2.45, 2.75) is 29.6 Å². The third-order valence-corrected chi connectivity index (χ3v) is 8.03. The van der Waals surface area contributed by atoms with Crippen LogP contribution in [0.15, 0.2) is 67.0 Å². The molecule has 2 aromatic carbocycles. The molecule has 7 nitrogen and oxygen atoms in total. The molecule has 3 aliphatic rings. The Labute approximate surface area is 204 Å². The average Bonchev–Trinajstić information content (AvgIpc) is 3.25. The lowest BCUT2D eigenvalue weighted by molar-refractivity contribution is -0.152. The number of methoxy groups -OCH3 is 1. The highest BCUT2D eigenvalue weighted by Crippen LogP contribution is 2.69. The van der Waals surface area contributed by atoms with Gasteiger partial charge in [0.05, 0.1) is 42.8 Å². The maximum Gasteiger partial charge on any atom is 0.177 e. The van der Waals surface area contributed by atoms with E-state index in [1.807, 2.05) is 42.5 Å². The first-order valence-electron chi connectivity index (χ1n) is 11.9. The summed E-state index contributed by atoms with van der Waals surface area (Å²) in [6.45, 7) is 2.57. The van der Waals surface area contributed by atoms with E-state index in [2.05, 4.69) is 16.0 Å². The number of nitrogens with zero attached hydrogens (tertiary/aromatic N) is 3. The normalized spacial score (nSPS) is 31.1. The van der Waals surface area contributed by atoms with Crippen molar-refractivity contribution in [1.82, 2.24) is 9.88 Å². The van der Waals surface area contributed by atoms with Crippen LogP contribution in [0.2, 0.25) is 0 Å². The molecule has 2 N–H and O–H groups in total. The SMILES string of the molecule is COc1cncc2c1[C@]1(O)[C@H](O)C(CN3CCC3)C(c3ccccc3)C1(c1ccc(C#N)cc1)O2. The second kappa shape index (κ2) is 8.06. The van der Waals surface area contributed by atoms with Gasteiger partial charge in [-0.05, 0) is 42.8 Å². The van der Waals surface area contributed by atoms with Crippen molar-refractivity contribution in [3.8, 4) is 17.6 Å². The maximum absolute atomic E-state index is 12.7. The van der Waals surface area contributed by atoms with E-state index < -0.39 is 17.3 Å². The lowest BCUT2D eigenvalue weighted by Gasteiger charge is -2.41. The highest BCUT2D eigenvalue weighted by Gasteiger charge is 2.76. The number of likely N-dealkylation sites (tertiary alicyclic amines) is 1. The largest absolute Gasteiger partial charge is 0.495 e. The zero-order valence-electron chi connectivity index (χ0n) is 19.5. The van der Waals surface area contributed by atoms with E-state index in [9.17, 15) is 15.5 Å². The van der Waals surface area contributed by atoms with Gasteiger partial charge in [-0.1, -0.05) is 42.5 Å². The van der Waals surface area contributed by atoms with Crippen molar-refractivity contribution in [3.05, 3.63) is 89.2 Å². The summed E-state index contributed by atoms with van der Waals surface area (Å²) in [6, 6.07) is 19.2. The van der Waals surface area contributed by atoms with Gasteiger partial charge in [-0.3, -0.25) is 4.98 Å². The molecule has 5 atom stereocenters. The lowest BCUT2D eigenvalue weighted by Crippen LogP contribution is -2.52. The molecular formula is C28H27N3O4. The van der Waals surface area contributed by atoms with E-state index in [1.165, 1.54) is 7.11 Å². The molecule has 0 spiro atoms. The number of hydrogen-bond acceptors (Lipinski definition) is 7. The zero-order chi connectivity index (χ0) is 24.2. The second-order valence-corrected chi connectivity index (χ2v) is 9.66. The molecule has 2 aliphatic heterocycles. The molecule has 0 bridgehead atoms. The Kier molecular flexibility index (Phi) is 5.08. The number of hydrogen-bond donors (Lipinski definition) is 2. The summed E-state index contributed by atoms with van der Waals surface area (Å²) in [5.74, 6) is 0.0632. The second-order valence-electron chi connectivity index (χ2n) is 9.66. The average molecular weight is 470 g/mol. The number of pyridine rings is 1. The van der Waals surface area contributed by atoms with Crippen molar-refractivity contribution < 1.29 is 19.7 Å². The van der Waals surface area contributed by atoms with Crippen molar-refractivity contribution in [1.29, 1.82) is 5.26 Å². The van der Waals surface area contributed by atoms with Crippen LogP contribution in [0.1, 0.15) is 34.6 Å². The standard InChI is InChI=1S/C28H27N3O4/c1-34-22-15-30-16-23-25(22)27(33)26(32)21(17-31-12-5-13-31)24(19-6-3-2-4-7-19)28(27,35-23)20-10-8-18(14-29)9-11-20/h2-4,6-11,15-16,21,24,26,32-33H,5,12-13,17H2,1H3/t21?,24?,26-,27+,28?/m1/s1. The number of nitriles is 1. The van der Waals surface area contributed by atoms with E-state index in [-0.39, 0.29) is 11.8 Å². The van der Waals surface area contributed by atoms with Crippen LogP contribution < -0.4 is 9.47 Å². The van der Waals surface area contributed by atoms with E-state index in [4.69, 9.17) is 9.47 Å². The monoisotopic (exact) mass is 469 g/mol. The van der Waals surface area contributed by atoms with Crippen molar-refractivity contribution in [2.75, 3.05) is 26.7 Å². The van der Waals surface area contributed by atoms with Gasteiger partial charge in [-0.25, -0.2) is 0 Å². The van der Waals surface area contributed by atoms with Gasteiger partial charge in [0.15, 0.2) is 11.2 Å². The van der Waals surface area contributed by atoms with Gasteiger partial charge in [0.1, 0.15) is 11.5 Å². The van der Waals surface area contributed by atoms with Gasteiger partial charge in [-0.2, -0.15) is 5.26 Å². The van der Waals surface area contributed by atoms with Gasteiger partial charge in [-0.15, -0.1) is 0 Å². The molecule has 35 heavy (non-hydrogen) atoms.